The molecule has 0 spiro atoms. The largest absolute Gasteiger partial charge is 0.497 e. The number of ether oxygens (including phenoxy) is 1. The minimum absolute atomic E-state index is 0.270. The number of amides is 1. The van der Waals surface area contributed by atoms with Gasteiger partial charge in [0.1, 0.15) is 5.75 Å². The topological polar surface area (TPSA) is 58.6 Å². The van der Waals surface area contributed by atoms with Gasteiger partial charge in [-0.25, -0.2) is 9.97 Å². The van der Waals surface area contributed by atoms with E-state index in [1.165, 1.54) is 0 Å². The molecule has 1 unspecified atom stereocenters. The van der Waals surface area contributed by atoms with Crippen molar-refractivity contribution in [3.05, 3.63) is 36.0 Å². The quantitative estimate of drug-likeness (QED) is 0.814. The Hall–Kier alpha value is -2.63. The molecule has 1 aromatic carbocycles. The van der Waals surface area contributed by atoms with Crippen LogP contribution in [0, 0.1) is 5.92 Å². The number of carbonyl (C=O) groups is 1. The molecule has 1 aliphatic heterocycles. The van der Waals surface area contributed by atoms with Gasteiger partial charge in [-0.2, -0.15) is 0 Å². The summed E-state index contributed by atoms with van der Waals surface area (Å²) in [5, 5.41) is 0. The zero-order valence-corrected chi connectivity index (χ0v) is 16.2. The molecular weight excluding hydrogens is 340 g/mol. The van der Waals surface area contributed by atoms with Crippen molar-refractivity contribution in [1.29, 1.82) is 0 Å². The van der Waals surface area contributed by atoms with Gasteiger partial charge in [0.05, 0.1) is 18.5 Å². The third-order valence-electron chi connectivity index (χ3n) is 5.36. The maximum atomic E-state index is 12.4. The lowest BCUT2D eigenvalue weighted by Gasteiger charge is -2.18. The number of benzene rings is 1. The van der Waals surface area contributed by atoms with Gasteiger partial charge >= 0.3 is 0 Å². The van der Waals surface area contributed by atoms with Crippen LogP contribution in [0.2, 0.25) is 0 Å². The van der Waals surface area contributed by atoms with Gasteiger partial charge in [-0.1, -0.05) is 0 Å². The van der Waals surface area contributed by atoms with Crippen LogP contribution >= 0.6 is 0 Å². The smallest absolute Gasteiger partial charge is 0.225 e. The molecule has 0 N–H and O–H groups in total. The van der Waals surface area contributed by atoms with Crippen molar-refractivity contribution in [2.45, 2.75) is 25.2 Å². The summed E-state index contributed by atoms with van der Waals surface area (Å²) >= 11 is 0. The Bertz CT molecular complexity index is 831. The van der Waals surface area contributed by atoms with E-state index in [0.717, 1.165) is 55.1 Å². The second-order valence-corrected chi connectivity index (χ2v) is 7.65. The SMILES string of the molecule is COc1ccc(-c2cc(C3CCN(C(=O)C4CC4)C3)nc(N(C)C)n2)cc1. The van der Waals surface area contributed by atoms with E-state index in [1.807, 2.05) is 48.2 Å². The van der Waals surface area contributed by atoms with Crippen molar-refractivity contribution < 1.29 is 9.53 Å². The monoisotopic (exact) mass is 366 g/mol. The van der Waals surface area contributed by atoms with Crippen LogP contribution in [0.5, 0.6) is 5.75 Å². The molecule has 2 fully saturated rings. The molecule has 1 aliphatic carbocycles. The van der Waals surface area contributed by atoms with E-state index in [0.29, 0.717) is 11.9 Å². The van der Waals surface area contributed by atoms with Crippen LogP contribution in [0.4, 0.5) is 5.95 Å². The van der Waals surface area contributed by atoms with Gasteiger partial charge in [0, 0.05) is 44.6 Å². The number of nitrogens with zero attached hydrogens (tertiary/aromatic N) is 4. The number of hydrogen-bond donors (Lipinski definition) is 0. The van der Waals surface area contributed by atoms with Gasteiger partial charge in [-0.05, 0) is 49.6 Å². The summed E-state index contributed by atoms with van der Waals surface area (Å²) in [6.45, 7) is 1.60. The highest BCUT2D eigenvalue weighted by Crippen LogP contribution is 2.35. The number of rotatable bonds is 5. The van der Waals surface area contributed by atoms with E-state index in [1.54, 1.807) is 7.11 Å². The molecule has 0 bridgehead atoms. The van der Waals surface area contributed by atoms with Crippen LogP contribution in [-0.2, 0) is 4.79 Å². The van der Waals surface area contributed by atoms with Gasteiger partial charge in [-0.3, -0.25) is 4.79 Å². The Morgan fingerprint density at radius 3 is 2.52 bits per heavy atom. The van der Waals surface area contributed by atoms with Crippen LogP contribution in [-0.4, -0.2) is 55.1 Å². The summed E-state index contributed by atoms with van der Waals surface area (Å²) in [5.74, 6) is 2.40. The fourth-order valence-corrected chi connectivity index (χ4v) is 3.56. The molecule has 4 rings (SSSR count). The lowest BCUT2D eigenvalue weighted by Crippen LogP contribution is -2.29. The predicted octanol–water partition coefficient (Wildman–Crippen LogP) is 2.94. The average molecular weight is 366 g/mol. The highest BCUT2D eigenvalue weighted by Gasteiger charge is 2.37. The van der Waals surface area contributed by atoms with Crippen LogP contribution in [0.1, 0.15) is 30.9 Å². The van der Waals surface area contributed by atoms with Crippen molar-refractivity contribution >= 4 is 11.9 Å². The van der Waals surface area contributed by atoms with Crippen molar-refractivity contribution in [1.82, 2.24) is 14.9 Å². The third kappa shape index (κ3) is 3.75. The zero-order chi connectivity index (χ0) is 19.0. The lowest BCUT2D eigenvalue weighted by atomic mass is 10.0. The molecule has 27 heavy (non-hydrogen) atoms. The maximum absolute atomic E-state index is 12.4. The Morgan fingerprint density at radius 1 is 1.15 bits per heavy atom. The Kier molecular flexibility index (Phi) is 4.72. The molecule has 0 radical (unpaired) electrons. The Morgan fingerprint density at radius 2 is 1.89 bits per heavy atom. The van der Waals surface area contributed by atoms with E-state index in [2.05, 4.69) is 6.07 Å². The molecule has 1 amide bonds. The fraction of sp³-hybridized carbons (Fsp3) is 0.476. The van der Waals surface area contributed by atoms with E-state index in [4.69, 9.17) is 14.7 Å². The van der Waals surface area contributed by atoms with E-state index in [9.17, 15) is 4.79 Å². The summed E-state index contributed by atoms with van der Waals surface area (Å²) in [4.78, 5) is 25.8. The normalized spacial score (nSPS) is 19.2. The standard InChI is InChI=1S/C21H26N4O2/c1-24(2)21-22-18(14-6-8-17(27-3)9-7-14)12-19(23-21)16-10-11-25(13-16)20(26)15-4-5-15/h6-9,12,15-16H,4-5,10-11,13H2,1-3H3. The summed E-state index contributed by atoms with van der Waals surface area (Å²) in [6.07, 6.45) is 3.07. The van der Waals surface area contributed by atoms with Gasteiger partial charge in [-0.15, -0.1) is 0 Å². The lowest BCUT2D eigenvalue weighted by molar-refractivity contribution is -0.131. The highest BCUT2D eigenvalue weighted by atomic mass is 16.5. The van der Waals surface area contributed by atoms with Crippen LogP contribution in [0.3, 0.4) is 0 Å². The van der Waals surface area contributed by atoms with Crippen molar-refractivity contribution in [2.75, 3.05) is 39.2 Å². The van der Waals surface area contributed by atoms with E-state index >= 15 is 0 Å². The summed E-state index contributed by atoms with van der Waals surface area (Å²) in [5.41, 5.74) is 2.95. The second-order valence-electron chi connectivity index (χ2n) is 7.65. The number of methoxy groups -OCH3 is 1. The molecule has 2 aliphatic rings. The first-order chi connectivity index (χ1) is 13.0. The number of carbonyl (C=O) groups excluding carboxylic acids is 1. The minimum atomic E-state index is 0.270. The number of likely N-dealkylation sites (tertiary alicyclic amines) is 1. The predicted molar refractivity (Wildman–Crippen MR) is 105 cm³/mol. The van der Waals surface area contributed by atoms with Gasteiger partial charge in [0.15, 0.2) is 0 Å². The number of hydrogen-bond acceptors (Lipinski definition) is 5. The molecule has 1 atom stereocenters. The van der Waals surface area contributed by atoms with Crippen molar-refractivity contribution in [2.24, 2.45) is 5.92 Å². The van der Waals surface area contributed by atoms with Crippen LogP contribution in [0.25, 0.3) is 11.3 Å². The summed E-state index contributed by atoms with van der Waals surface area (Å²) < 4.78 is 5.25. The molecule has 1 aromatic heterocycles. The molecular formula is C21H26N4O2. The van der Waals surface area contributed by atoms with Gasteiger partial charge in [0.25, 0.3) is 0 Å². The molecule has 2 aromatic rings. The molecule has 2 heterocycles. The molecule has 1 saturated heterocycles. The number of anilines is 1. The van der Waals surface area contributed by atoms with Crippen LogP contribution in [0.15, 0.2) is 30.3 Å². The molecule has 1 saturated carbocycles. The Labute approximate surface area is 160 Å². The summed E-state index contributed by atoms with van der Waals surface area (Å²) in [7, 11) is 5.57. The maximum Gasteiger partial charge on any atom is 0.225 e. The zero-order valence-electron chi connectivity index (χ0n) is 16.2. The van der Waals surface area contributed by atoms with Crippen molar-refractivity contribution in [3.8, 4) is 17.0 Å². The first-order valence-corrected chi connectivity index (χ1v) is 9.54. The first kappa shape index (κ1) is 17.8. The third-order valence-corrected chi connectivity index (χ3v) is 5.36. The fourth-order valence-electron chi connectivity index (χ4n) is 3.56. The van der Waals surface area contributed by atoms with Gasteiger partial charge < -0.3 is 14.5 Å². The first-order valence-electron chi connectivity index (χ1n) is 9.54. The minimum Gasteiger partial charge on any atom is -0.497 e. The van der Waals surface area contributed by atoms with Crippen LogP contribution < -0.4 is 9.64 Å². The van der Waals surface area contributed by atoms with Gasteiger partial charge in [0.2, 0.25) is 11.9 Å². The molecule has 6 heteroatoms. The molecule has 6 nitrogen and oxygen atoms in total. The summed E-state index contributed by atoms with van der Waals surface area (Å²) in [6, 6.07) is 9.99. The van der Waals surface area contributed by atoms with E-state index < -0.39 is 0 Å². The Balaban J connectivity index is 1.62. The van der Waals surface area contributed by atoms with Crippen molar-refractivity contribution in [3.63, 3.8) is 0 Å². The molecule has 142 valence electrons. The number of aromatic nitrogens is 2. The average Bonchev–Trinajstić information content (AvgIpc) is 3.43. The second kappa shape index (κ2) is 7.18. The van der Waals surface area contributed by atoms with E-state index in [-0.39, 0.29) is 11.8 Å². The highest BCUT2D eigenvalue weighted by molar-refractivity contribution is 5.81.